The molecule has 0 bridgehead atoms. The summed E-state index contributed by atoms with van der Waals surface area (Å²) in [5.74, 6) is -0.372. The standard InChI is InChI=1S/C26H26FN5OS.ClH/c1-3-22-30-31-25(34-22)18-9-10-20(21(27)14-18)26(33)32(19-8-5-12-28-15-19)24-23-16(2)6-4-7-17(23)11-13-29-24;/h4,6-7,9-11,13-14,19,28H,3,5,8,12,15H2,1-2H3;1H/t19-;/m1./s1. The second-order valence-electron chi connectivity index (χ2n) is 8.53. The van der Waals surface area contributed by atoms with E-state index < -0.39 is 5.82 Å². The van der Waals surface area contributed by atoms with Crippen LogP contribution in [0.15, 0.2) is 48.7 Å². The van der Waals surface area contributed by atoms with E-state index >= 15 is 4.39 Å². The predicted molar refractivity (Wildman–Crippen MR) is 141 cm³/mol. The minimum Gasteiger partial charge on any atom is -0.315 e. The minimum absolute atomic E-state index is 0. The Labute approximate surface area is 214 Å². The molecule has 1 aliphatic rings. The van der Waals surface area contributed by atoms with Gasteiger partial charge in [-0.1, -0.05) is 42.5 Å². The molecule has 1 amide bonds. The third kappa shape index (κ3) is 4.91. The Morgan fingerprint density at radius 3 is 2.80 bits per heavy atom. The van der Waals surface area contributed by atoms with Gasteiger partial charge < -0.3 is 5.32 Å². The van der Waals surface area contributed by atoms with E-state index in [0.717, 1.165) is 47.2 Å². The van der Waals surface area contributed by atoms with Crippen molar-refractivity contribution in [1.29, 1.82) is 0 Å². The molecular formula is C26H27ClFN5OS. The van der Waals surface area contributed by atoms with Crippen molar-refractivity contribution in [3.8, 4) is 10.6 Å². The average Bonchev–Trinajstić information content (AvgIpc) is 3.34. The molecule has 0 saturated carbocycles. The van der Waals surface area contributed by atoms with Crippen molar-refractivity contribution in [2.24, 2.45) is 0 Å². The first-order chi connectivity index (χ1) is 16.6. The fourth-order valence-corrected chi connectivity index (χ4v) is 5.30. The molecule has 1 aliphatic heterocycles. The summed E-state index contributed by atoms with van der Waals surface area (Å²) in [5, 5.41) is 15.1. The first-order valence-electron chi connectivity index (χ1n) is 11.6. The number of carbonyl (C=O) groups is 1. The Morgan fingerprint density at radius 2 is 2.09 bits per heavy atom. The van der Waals surface area contributed by atoms with E-state index in [9.17, 15) is 4.79 Å². The smallest absolute Gasteiger partial charge is 0.262 e. The molecule has 1 N–H and O–H groups in total. The highest BCUT2D eigenvalue weighted by Crippen LogP contribution is 2.32. The van der Waals surface area contributed by atoms with Gasteiger partial charge in [-0.05, 0) is 61.9 Å². The average molecular weight is 512 g/mol. The van der Waals surface area contributed by atoms with Gasteiger partial charge in [0, 0.05) is 23.7 Å². The number of rotatable bonds is 5. The van der Waals surface area contributed by atoms with E-state index in [4.69, 9.17) is 0 Å². The van der Waals surface area contributed by atoms with Crippen molar-refractivity contribution in [3.05, 3.63) is 70.6 Å². The molecule has 182 valence electrons. The maximum atomic E-state index is 15.4. The SMILES string of the molecule is CCc1nnc(-c2ccc(C(=O)N(c3nccc4cccc(C)c34)[C@@H]3CCCNC3)c(F)c2)s1.Cl. The van der Waals surface area contributed by atoms with Crippen LogP contribution in [-0.4, -0.2) is 40.2 Å². The molecule has 2 aromatic heterocycles. The number of nitrogens with one attached hydrogen (secondary N) is 1. The normalized spacial score (nSPS) is 15.6. The van der Waals surface area contributed by atoms with E-state index in [1.165, 1.54) is 17.4 Å². The number of aryl methyl sites for hydroxylation is 2. The molecule has 0 unspecified atom stereocenters. The van der Waals surface area contributed by atoms with Crippen LogP contribution < -0.4 is 10.2 Å². The first-order valence-corrected chi connectivity index (χ1v) is 12.4. The van der Waals surface area contributed by atoms with Crippen molar-refractivity contribution in [2.45, 2.75) is 39.2 Å². The number of pyridine rings is 1. The lowest BCUT2D eigenvalue weighted by Crippen LogP contribution is -2.49. The van der Waals surface area contributed by atoms with Crippen molar-refractivity contribution < 1.29 is 9.18 Å². The van der Waals surface area contributed by atoms with E-state index in [1.807, 2.05) is 38.1 Å². The minimum atomic E-state index is -0.568. The highest BCUT2D eigenvalue weighted by Gasteiger charge is 2.31. The third-order valence-electron chi connectivity index (χ3n) is 6.28. The number of halogens is 2. The van der Waals surface area contributed by atoms with Gasteiger partial charge in [0.05, 0.1) is 11.6 Å². The molecule has 0 spiro atoms. The fourth-order valence-electron chi connectivity index (χ4n) is 4.52. The molecule has 3 heterocycles. The second kappa shape index (κ2) is 10.8. The van der Waals surface area contributed by atoms with Gasteiger partial charge in [0.1, 0.15) is 21.7 Å². The maximum Gasteiger partial charge on any atom is 0.262 e. The summed E-state index contributed by atoms with van der Waals surface area (Å²) < 4.78 is 15.4. The molecule has 9 heteroatoms. The molecule has 4 aromatic rings. The lowest BCUT2D eigenvalue weighted by Gasteiger charge is -2.35. The predicted octanol–water partition coefficient (Wildman–Crippen LogP) is 5.58. The highest BCUT2D eigenvalue weighted by molar-refractivity contribution is 7.14. The molecule has 6 nitrogen and oxygen atoms in total. The summed E-state index contributed by atoms with van der Waals surface area (Å²) in [6.07, 6.45) is 4.26. The van der Waals surface area contributed by atoms with Crippen LogP contribution in [0, 0.1) is 12.7 Å². The van der Waals surface area contributed by atoms with Gasteiger partial charge in [0.15, 0.2) is 0 Å². The van der Waals surface area contributed by atoms with Crippen LogP contribution in [0.4, 0.5) is 10.2 Å². The molecule has 1 atom stereocenters. The zero-order valence-corrected chi connectivity index (χ0v) is 21.3. The Kier molecular flexibility index (Phi) is 7.74. The Morgan fingerprint density at radius 1 is 1.23 bits per heavy atom. The molecule has 1 fully saturated rings. The number of hydrogen-bond acceptors (Lipinski definition) is 6. The van der Waals surface area contributed by atoms with Crippen LogP contribution in [0.1, 0.15) is 40.7 Å². The highest BCUT2D eigenvalue weighted by atomic mass is 35.5. The van der Waals surface area contributed by atoms with Gasteiger partial charge in [-0.2, -0.15) is 0 Å². The molecule has 5 rings (SSSR count). The third-order valence-corrected chi connectivity index (χ3v) is 7.39. The Bertz CT molecular complexity index is 1350. The lowest BCUT2D eigenvalue weighted by atomic mass is 10.0. The molecule has 1 saturated heterocycles. The second-order valence-corrected chi connectivity index (χ2v) is 9.59. The topological polar surface area (TPSA) is 71.0 Å². The molecule has 2 aromatic carbocycles. The number of nitrogens with zero attached hydrogens (tertiary/aromatic N) is 4. The van der Waals surface area contributed by atoms with Crippen LogP contribution in [0.5, 0.6) is 0 Å². The number of benzene rings is 2. The van der Waals surface area contributed by atoms with Crippen LogP contribution in [-0.2, 0) is 6.42 Å². The first kappa shape index (κ1) is 25.2. The monoisotopic (exact) mass is 511 g/mol. The van der Waals surface area contributed by atoms with Crippen LogP contribution in [0.25, 0.3) is 21.3 Å². The largest absolute Gasteiger partial charge is 0.315 e. The van der Waals surface area contributed by atoms with Crippen LogP contribution in [0.3, 0.4) is 0 Å². The van der Waals surface area contributed by atoms with Crippen LogP contribution >= 0.6 is 23.7 Å². The summed E-state index contributed by atoms with van der Waals surface area (Å²) in [4.78, 5) is 20.2. The maximum absolute atomic E-state index is 15.4. The number of piperidine rings is 1. The number of hydrogen-bond donors (Lipinski definition) is 1. The summed E-state index contributed by atoms with van der Waals surface area (Å²) in [5.41, 5.74) is 1.68. The zero-order valence-electron chi connectivity index (χ0n) is 19.6. The van der Waals surface area contributed by atoms with Gasteiger partial charge in [0.25, 0.3) is 5.91 Å². The number of amides is 1. The fraction of sp³-hybridized carbons (Fsp3) is 0.308. The van der Waals surface area contributed by atoms with E-state index in [1.54, 1.807) is 23.2 Å². The van der Waals surface area contributed by atoms with Crippen LogP contribution in [0.2, 0.25) is 0 Å². The molecule has 35 heavy (non-hydrogen) atoms. The summed E-state index contributed by atoms with van der Waals surface area (Å²) in [6, 6.07) is 12.5. The number of carbonyl (C=O) groups excluding carboxylic acids is 1. The van der Waals surface area contributed by atoms with Crippen molar-refractivity contribution >= 4 is 46.2 Å². The van der Waals surface area contributed by atoms with Crippen molar-refractivity contribution in [1.82, 2.24) is 20.5 Å². The molecular weight excluding hydrogens is 485 g/mol. The number of aromatic nitrogens is 3. The zero-order chi connectivity index (χ0) is 23.7. The number of anilines is 1. The van der Waals surface area contributed by atoms with E-state index in [0.29, 0.717) is 22.9 Å². The number of fused-ring (bicyclic) bond motifs is 1. The Hall–Kier alpha value is -2.94. The van der Waals surface area contributed by atoms with Gasteiger partial charge in [0.2, 0.25) is 0 Å². The van der Waals surface area contributed by atoms with Crippen molar-refractivity contribution in [2.75, 3.05) is 18.0 Å². The van der Waals surface area contributed by atoms with Gasteiger partial charge in [-0.3, -0.25) is 9.69 Å². The van der Waals surface area contributed by atoms with Gasteiger partial charge in [-0.25, -0.2) is 9.37 Å². The summed E-state index contributed by atoms with van der Waals surface area (Å²) in [7, 11) is 0. The molecule has 0 radical (unpaired) electrons. The summed E-state index contributed by atoms with van der Waals surface area (Å²) >= 11 is 1.44. The lowest BCUT2D eigenvalue weighted by molar-refractivity contribution is 0.0968. The van der Waals surface area contributed by atoms with Gasteiger partial charge >= 0.3 is 0 Å². The Balaban J connectivity index is 0.00000289. The van der Waals surface area contributed by atoms with E-state index in [2.05, 4.69) is 20.5 Å². The van der Waals surface area contributed by atoms with Crippen molar-refractivity contribution in [3.63, 3.8) is 0 Å². The quantitative estimate of drug-likeness (QED) is 0.378. The summed E-state index contributed by atoms with van der Waals surface area (Å²) in [6.45, 7) is 5.56. The van der Waals surface area contributed by atoms with E-state index in [-0.39, 0.29) is 29.9 Å². The van der Waals surface area contributed by atoms with Gasteiger partial charge in [-0.15, -0.1) is 22.6 Å². The molecule has 0 aliphatic carbocycles.